The molecule has 1 aliphatic carbocycles. The molecule has 17 heavy (non-hydrogen) atoms. The van der Waals surface area contributed by atoms with Crippen molar-refractivity contribution < 1.29 is 0 Å². The van der Waals surface area contributed by atoms with Gasteiger partial charge in [-0.05, 0) is 38.5 Å². The van der Waals surface area contributed by atoms with Crippen molar-refractivity contribution in [1.82, 2.24) is 0 Å². The molecule has 1 rings (SSSR count). The molecule has 0 spiro atoms. The number of hydrogen-bond donors (Lipinski definition) is 0. The molecule has 0 atom stereocenters. The first kappa shape index (κ1) is 14.8. The largest absolute Gasteiger partial charge is 0.0853 e. The van der Waals surface area contributed by atoms with Crippen LogP contribution >= 0.6 is 0 Å². The Kier molecular flexibility index (Phi) is 9.46. The van der Waals surface area contributed by atoms with Crippen LogP contribution in [0.15, 0.2) is 11.6 Å². The van der Waals surface area contributed by atoms with Crippen molar-refractivity contribution in [1.29, 1.82) is 0 Å². The monoisotopic (exact) mass is 236 g/mol. The Hall–Kier alpha value is -0.260. The van der Waals surface area contributed by atoms with Crippen LogP contribution in [0.3, 0.4) is 0 Å². The lowest BCUT2D eigenvalue weighted by Crippen LogP contribution is -1.89. The quantitative estimate of drug-likeness (QED) is 0.391. The van der Waals surface area contributed by atoms with E-state index in [9.17, 15) is 0 Å². The van der Waals surface area contributed by atoms with Gasteiger partial charge in [0.15, 0.2) is 0 Å². The lowest BCUT2D eigenvalue weighted by Gasteiger charge is -2.09. The van der Waals surface area contributed by atoms with Crippen molar-refractivity contribution in [2.45, 2.75) is 96.8 Å². The minimum Gasteiger partial charge on any atom is -0.0853 e. The normalized spacial score (nSPS) is 23.2. The molecule has 0 aromatic heterocycles. The summed E-state index contributed by atoms with van der Waals surface area (Å²) < 4.78 is 0. The lowest BCUT2D eigenvalue weighted by atomic mass is 9.97. The van der Waals surface area contributed by atoms with Gasteiger partial charge in [-0.1, -0.05) is 69.9 Å². The van der Waals surface area contributed by atoms with Crippen molar-refractivity contribution >= 4 is 0 Å². The summed E-state index contributed by atoms with van der Waals surface area (Å²) >= 11 is 0. The predicted octanol–water partition coefficient (Wildman–Crippen LogP) is 6.41. The Labute approximate surface area is 109 Å². The molecule has 0 saturated carbocycles. The maximum atomic E-state index is 2.58. The summed E-state index contributed by atoms with van der Waals surface area (Å²) in [4.78, 5) is 0. The van der Waals surface area contributed by atoms with Gasteiger partial charge in [0.2, 0.25) is 0 Å². The number of allylic oxidation sites excluding steroid dienone is 2. The summed E-state index contributed by atoms with van der Waals surface area (Å²) in [6.45, 7) is 2.30. The molecule has 0 nitrogen and oxygen atoms in total. The molecule has 100 valence electrons. The second kappa shape index (κ2) is 10.9. The van der Waals surface area contributed by atoms with E-state index in [-0.39, 0.29) is 0 Å². The highest BCUT2D eigenvalue weighted by atomic mass is 14.1. The first-order valence-corrected chi connectivity index (χ1v) is 8.11. The van der Waals surface area contributed by atoms with E-state index in [4.69, 9.17) is 0 Å². The van der Waals surface area contributed by atoms with Crippen LogP contribution in [0.1, 0.15) is 96.8 Å². The zero-order valence-electron chi connectivity index (χ0n) is 12.0. The Morgan fingerprint density at radius 1 is 0.824 bits per heavy atom. The third kappa shape index (κ3) is 8.46. The van der Waals surface area contributed by atoms with Crippen LogP contribution in [0.25, 0.3) is 0 Å². The van der Waals surface area contributed by atoms with E-state index >= 15 is 0 Å². The molecule has 0 aliphatic heterocycles. The van der Waals surface area contributed by atoms with E-state index in [2.05, 4.69) is 13.0 Å². The van der Waals surface area contributed by atoms with E-state index in [1.165, 1.54) is 89.9 Å². The fourth-order valence-corrected chi connectivity index (χ4v) is 2.79. The van der Waals surface area contributed by atoms with Crippen LogP contribution in [0.5, 0.6) is 0 Å². The van der Waals surface area contributed by atoms with E-state index < -0.39 is 0 Å². The van der Waals surface area contributed by atoms with Gasteiger partial charge in [-0.3, -0.25) is 0 Å². The zero-order chi connectivity index (χ0) is 12.2. The fourth-order valence-electron chi connectivity index (χ4n) is 2.79. The second-order valence-electron chi connectivity index (χ2n) is 5.69. The highest BCUT2D eigenvalue weighted by Crippen LogP contribution is 2.20. The fraction of sp³-hybridized carbons (Fsp3) is 0.882. The summed E-state index contributed by atoms with van der Waals surface area (Å²) in [5, 5.41) is 0. The van der Waals surface area contributed by atoms with Gasteiger partial charge in [0.1, 0.15) is 0 Å². The van der Waals surface area contributed by atoms with Crippen molar-refractivity contribution in [3.8, 4) is 0 Å². The van der Waals surface area contributed by atoms with Crippen LogP contribution in [-0.4, -0.2) is 0 Å². The van der Waals surface area contributed by atoms with Crippen molar-refractivity contribution in [2.24, 2.45) is 0 Å². The Morgan fingerprint density at radius 2 is 1.47 bits per heavy atom. The molecule has 0 unspecified atom stereocenters. The van der Waals surface area contributed by atoms with E-state index in [0.717, 1.165) is 0 Å². The molecule has 0 N–H and O–H groups in total. The Balaban J connectivity index is 2.28. The molecule has 0 aromatic rings. The smallest absolute Gasteiger partial charge is 0.0320 e. The van der Waals surface area contributed by atoms with Crippen LogP contribution in [0.4, 0.5) is 0 Å². The van der Waals surface area contributed by atoms with Crippen molar-refractivity contribution in [3.63, 3.8) is 0 Å². The summed E-state index contributed by atoms with van der Waals surface area (Å²) in [5.41, 5.74) is 1.78. The SMILES string of the molecule is CCCCC/C1=C\CCCCCCCCCC1. The maximum Gasteiger partial charge on any atom is -0.0320 e. The van der Waals surface area contributed by atoms with Crippen molar-refractivity contribution in [2.75, 3.05) is 0 Å². The number of unbranched alkanes of at least 4 members (excludes halogenated alkanes) is 2. The number of hydrogen-bond acceptors (Lipinski definition) is 0. The number of rotatable bonds is 4. The molecule has 0 heteroatoms. The topological polar surface area (TPSA) is 0 Å². The second-order valence-corrected chi connectivity index (χ2v) is 5.69. The third-order valence-corrected chi connectivity index (χ3v) is 3.99. The first-order valence-electron chi connectivity index (χ1n) is 8.11. The van der Waals surface area contributed by atoms with Crippen LogP contribution in [0, 0.1) is 0 Å². The summed E-state index contributed by atoms with van der Waals surface area (Å²) in [6.07, 6.45) is 22.6. The maximum absolute atomic E-state index is 2.58. The molecule has 0 heterocycles. The van der Waals surface area contributed by atoms with Gasteiger partial charge in [-0.15, -0.1) is 0 Å². The Morgan fingerprint density at radius 3 is 2.18 bits per heavy atom. The Bertz CT molecular complexity index is 190. The molecular formula is C17H32. The van der Waals surface area contributed by atoms with Crippen LogP contribution in [0.2, 0.25) is 0 Å². The van der Waals surface area contributed by atoms with Crippen LogP contribution in [-0.2, 0) is 0 Å². The third-order valence-electron chi connectivity index (χ3n) is 3.99. The van der Waals surface area contributed by atoms with Crippen LogP contribution < -0.4 is 0 Å². The molecule has 0 radical (unpaired) electrons. The highest BCUT2D eigenvalue weighted by Gasteiger charge is 2.00. The summed E-state index contributed by atoms with van der Waals surface area (Å²) in [6, 6.07) is 0. The molecule has 0 bridgehead atoms. The standard InChI is InChI=1S/C17H32/c1-2-3-11-14-17-15-12-9-7-5-4-6-8-10-13-16-17/h15H,2-14,16H2,1H3/b17-15+. The average molecular weight is 236 g/mol. The van der Waals surface area contributed by atoms with E-state index in [0.29, 0.717) is 0 Å². The van der Waals surface area contributed by atoms with Gasteiger partial charge < -0.3 is 0 Å². The highest BCUT2D eigenvalue weighted by molar-refractivity contribution is 5.01. The van der Waals surface area contributed by atoms with E-state index in [1.54, 1.807) is 5.57 Å². The summed E-state index contributed by atoms with van der Waals surface area (Å²) in [5.74, 6) is 0. The van der Waals surface area contributed by atoms with E-state index in [1.807, 2.05) is 0 Å². The summed E-state index contributed by atoms with van der Waals surface area (Å²) in [7, 11) is 0. The zero-order valence-corrected chi connectivity index (χ0v) is 12.0. The molecule has 0 aromatic carbocycles. The molecule has 0 fully saturated rings. The minimum absolute atomic E-state index is 1.35. The molecule has 1 aliphatic rings. The van der Waals surface area contributed by atoms with Gasteiger partial charge in [-0.2, -0.15) is 0 Å². The van der Waals surface area contributed by atoms with Gasteiger partial charge in [0.25, 0.3) is 0 Å². The molecule has 0 saturated heterocycles. The minimum atomic E-state index is 1.35. The molecular weight excluding hydrogens is 204 g/mol. The average Bonchev–Trinajstić information content (AvgIpc) is 2.32. The van der Waals surface area contributed by atoms with Gasteiger partial charge in [0, 0.05) is 0 Å². The first-order chi connectivity index (χ1) is 8.43. The van der Waals surface area contributed by atoms with Gasteiger partial charge >= 0.3 is 0 Å². The lowest BCUT2D eigenvalue weighted by molar-refractivity contribution is 0.557. The predicted molar refractivity (Wildman–Crippen MR) is 78.4 cm³/mol. The van der Waals surface area contributed by atoms with Crippen molar-refractivity contribution in [3.05, 3.63) is 11.6 Å². The van der Waals surface area contributed by atoms with Gasteiger partial charge in [-0.25, -0.2) is 0 Å². The molecule has 0 amide bonds. The van der Waals surface area contributed by atoms with Gasteiger partial charge in [0.05, 0.1) is 0 Å².